The van der Waals surface area contributed by atoms with E-state index < -0.39 is 0 Å². The smallest absolute Gasteiger partial charge is 0.124 e. The first-order chi connectivity index (χ1) is 6.18. The van der Waals surface area contributed by atoms with E-state index in [1.54, 1.807) is 0 Å². The Morgan fingerprint density at radius 2 is 2.00 bits per heavy atom. The van der Waals surface area contributed by atoms with Gasteiger partial charge in [0.1, 0.15) is 5.82 Å². The molecule has 1 heterocycles. The largest absolute Gasteiger partial charge is 0.384 e. The van der Waals surface area contributed by atoms with E-state index in [4.69, 9.17) is 5.73 Å². The molecule has 2 aromatic rings. The summed E-state index contributed by atoms with van der Waals surface area (Å²) < 4.78 is 1.09. The average Bonchev–Trinajstić information content (AvgIpc) is 2.12. The van der Waals surface area contributed by atoms with Gasteiger partial charge in [-0.05, 0) is 46.6 Å². The summed E-state index contributed by atoms with van der Waals surface area (Å²) in [6, 6.07) is 7.80. The van der Waals surface area contributed by atoms with Gasteiger partial charge in [0.15, 0.2) is 0 Å². The first-order valence-electron chi connectivity index (χ1n) is 4.00. The molecule has 2 N–H and O–H groups in total. The lowest BCUT2D eigenvalue weighted by Crippen LogP contribution is -1.90. The quantitative estimate of drug-likeness (QED) is 0.765. The molecule has 0 amide bonds. The number of fused-ring (bicyclic) bond motifs is 1. The number of anilines is 1. The molecule has 3 heteroatoms. The maximum Gasteiger partial charge on any atom is 0.124 e. The molecule has 0 aliphatic heterocycles. The first kappa shape index (κ1) is 8.51. The molecule has 1 aromatic carbocycles. The van der Waals surface area contributed by atoms with Crippen molar-refractivity contribution >= 4 is 32.7 Å². The van der Waals surface area contributed by atoms with Gasteiger partial charge in [0.05, 0.1) is 5.52 Å². The van der Waals surface area contributed by atoms with E-state index in [9.17, 15) is 0 Å². The van der Waals surface area contributed by atoms with Crippen molar-refractivity contribution in [1.82, 2.24) is 4.98 Å². The second-order valence-corrected chi connectivity index (χ2v) is 3.79. The van der Waals surface area contributed by atoms with Crippen molar-refractivity contribution in [3.63, 3.8) is 0 Å². The maximum absolute atomic E-state index is 5.59. The SMILES string of the molecule is Cc1ccc2nc(N)ccc2c1Br. The van der Waals surface area contributed by atoms with Gasteiger partial charge in [0, 0.05) is 9.86 Å². The van der Waals surface area contributed by atoms with Crippen LogP contribution < -0.4 is 5.73 Å². The Morgan fingerprint density at radius 3 is 2.77 bits per heavy atom. The zero-order chi connectivity index (χ0) is 9.42. The van der Waals surface area contributed by atoms with Crippen LogP contribution >= 0.6 is 15.9 Å². The predicted octanol–water partition coefficient (Wildman–Crippen LogP) is 2.89. The molecule has 0 bridgehead atoms. The van der Waals surface area contributed by atoms with Crippen molar-refractivity contribution in [2.24, 2.45) is 0 Å². The fourth-order valence-electron chi connectivity index (χ4n) is 1.29. The number of nitrogen functional groups attached to an aromatic ring is 1. The van der Waals surface area contributed by atoms with E-state index in [2.05, 4.69) is 27.8 Å². The van der Waals surface area contributed by atoms with Crippen molar-refractivity contribution in [1.29, 1.82) is 0 Å². The summed E-state index contributed by atoms with van der Waals surface area (Å²) >= 11 is 3.52. The van der Waals surface area contributed by atoms with Gasteiger partial charge in [0.2, 0.25) is 0 Å². The second-order valence-electron chi connectivity index (χ2n) is 3.00. The third-order valence-electron chi connectivity index (χ3n) is 2.02. The number of nitrogens with two attached hydrogens (primary N) is 1. The van der Waals surface area contributed by atoms with Crippen LogP contribution in [0.4, 0.5) is 5.82 Å². The van der Waals surface area contributed by atoms with Crippen LogP contribution in [0.5, 0.6) is 0 Å². The highest BCUT2D eigenvalue weighted by Gasteiger charge is 2.02. The molecular weight excluding hydrogens is 228 g/mol. The second kappa shape index (κ2) is 3.00. The summed E-state index contributed by atoms with van der Waals surface area (Å²) in [6.45, 7) is 2.06. The van der Waals surface area contributed by atoms with E-state index in [1.165, 1.54) is 5.56 Å². The molecule has 0 unspecified atom stereocenters. The molecule has 13 heavy (non-hydrogen) atoms. The summed E-state index contributed by atoms with van der Waals surface area (Å²) in [5, 5.41) is 1.11. The van der Waals surface area contributed by atoms with Crippen molar-refractivity contribution in [3.05, 3.63) is 34.3 Å². The molecule has 0 aliphatic carbocycles. The highest BCUT2D eigenvalue weighted by molar-refractivity contribution is 9.10. The first-order valence-corrected chi connectivity index (χ1v) is 4.79. The van der Waals surface area contributed by atoms with Crippen LogP contribution in [0, 0.1) is 6.92 Å². The van der Waals surface area contributed by atoms with Crippen molar-refractivity contribution < 1.29 is 0 Å². The summed E-state index contributed by atoms with van der Waals surface area (Å²) in [4.78, 5) is 4.23. The molecule has 1 aromatic heterocycles. The van der Waals surface area contributed by atoms with Gasteiger partial charge < -0.3 is 5.73 Å². The van der Waals surface area contributed by atoms with E-state index in [0.29, 0.717) is 5.82 Å². The molecule has 0 radical (unpaired) electrons. The fraction of sp³-hybridized carbons (Fsp3) is 0.100. The minimum absolute atomic E-state index is 0.559. The molecule has 0 atom stereocenters. The third kappa shape index (κ3) is 1.40. The van der Waals surface area contributed by atoms with Gasteiger partial charge in [-0.1, -0.05) is 6.07 Å². The normalized spacial score (nSPS) is 10.6. The summed E-state index contributed by atoms with van der Waals surface area (Å²) in [5.74, 6) is 0.559. The lowest BCUT2D eigenvalue weighted by Gasteiger charge is -2.03. The number of halogens is 1. The molecule has 2 rings (SSSR count). The van der Waals surface area contributed by atoms with Crippen LogP contribution in [0.2, 0.25) is 0 Å². The zero-order valence-electron chi connectivity index (χ0n) is 7.21. The Hall–Kier alpha value is -1.09. The van der Waals surface area contributed by atoms with Crippen LogP contribution in [0.25, 0.3) is 10.9 Å². The van der Waals surface area contributed by atoms with E-state index >= 15 is 0 Å². The van der Waals surface area contributed by atoms with Crippen LogP contribution in [0.15, 0.2) is 28.7 Å². The van der Waals surface area contributed by atoms with E-state index in [-0.39, 0.29) is 0 Å². The molecule has 0 saturated heterocycles. The van der Waals surface area contributed by atoms with Crippen LogP contribution in [-0.2, 0) is 0 Å². The van der Waals surface area contributed by atoms with Crippen molar-refractivity contribution in [2.75, 3.05) is 5.73 Å². The Kier molecular flexibility index (Phi) is 1.96. The standard InChI is InChI=1S/C10H9BrN2/c1-6-2-4-8-7(10(6)11)3-5-9(12)13-8/h2-5H,1H3,(H2,12,13). The maximum atomic E-state index is 5.59. The molecule has 66 valence electrons. The van der Waals surface area contributed by atoms with Gasteiger partial charge in [-0.25, -0.2) is 4.98 Å². The topological polar surface area (TPSA) is 38.9 Å². The van der Waals surface area contributed by atoms with Crippen LogP contribution in [0.1, 0.15) is 5.56 Å². The minimum Gasteiger partial charge on any atom is -0.384 e. The Balaban J connectivity index is 2.87. The van der Waals surface area contributed by atoms with E-state index in [0.717, 1.165) is 15.4 Å². The summed E-state index contributed by atoms with van der Waals surface area (Å²) in [5.41, 5.74) is 7.72. The number of aromatic nitrogens is 1. The van der Waals surface area contributed by atoms with Gasteiger partial charge in [-0.2, -0.15) is 0 Å². The van der Waals surface area contributed by atoms with Crippen molar-refractivity contribution in [2.45, 2.75) is 6.92 Å². The molecular formula is C10H9BrN2. The number of benzene rings is 1. The van der Waals surface area contributed by atoms with Gasteiger partial charge >= 0.3 is 0 Å². The van der Waals surface area contributed by atoms with E-state index in [1.807, 2.05) is 24.3 Å². The number of hydrogen-bond acceptors (Lipinski definition) is 2. The number of aryl methyl sites for hydroxylation is 1. The minimum atomic E-state index is 0.559. The van der Waals surface area contributed by atoms with Crippen molar-refractivity contribution in [3.8, 4) is 0 Å². The zero-order valence-corrected chi connectivity index (χ0v) is 8.80. The third-order valence-corrected chi connectivity index (χ3v) is 3.07. The highest BCUT2D eigenvalue weighted by atomic mass is 79.9. The fourth-order valence-corrected chi connectivity index (χ4v) is 1.76. The molecule has 0 aliphatic rings. The Labute approximate surface area is 84.9 Å². The molecule has 0 fully saturated rings. The van der Waals surface area contributed by atoms with Gasteiger partial charge in [-0.3, -0.25) is 0 Å². The number of hydrogen-bond donors (Lipinski definition) is 1. The predicted molar refractivity (Wildman–Crippen MR) is 58.6 cm³/mol. The average molecular weight is 237 g/mol. The Bertz CT molecular complexity index is 466. The molecule has 0 spiro atoms. The lowest BCUT2D eigenvalue weighted by atomic mass is 10.1. The number of rotatable bonds is 0. The van der Waals surface area contributed by atoms with Gasteiger partial charge in [0.25, 0.3) is 0 Å². The van der Waals surface area contributed by atoms with Gasteiger partial charge in [-0.15, -0.1) is 0 Å². The monoisotopic (exact) mass is 236 g/mol. The number of pyridine rings is 1. The Morgan fingerprint density at radius 1 is 1.23 bits per heavy atom. The summed E-state index contributed by atoms with van der Waals surface area (Å²) in [6.07, 6.45) is 0. The lowest BCUT2D eigenvalue weighted by molar-refractivity contribution is 1.38. The highest BCUT2D eigenvalue weighted by Crippen LogP contribution is 2.26. The molecule has 0 saturated carbocycles. The number of nitrogens with zero attached hydrogens (tertiary/aromatic N) is 1. The van der Waals surface area contributed by atoms with Crippen LogP contribution in [-0.4, -0.2) is 4.98 Å². The van der Waals surface area contributed by atoms with Crippen LogP contribution in [0.3, 0.4) is 0 Å². The summed E-state index contributed by atoms with van der Waals surface area (Å²) in [7, 11) is 0. The molecule has 2 nitrogen and oxygen atoms in total.